The van der Waals surface area contributed by atoms with Crippen molar-refractivity contribution in [2.24, 2.45) is 10.9 Å². The summed E-state index contributed by atoms with van der Waals surface area (Å²) in [6.45, 7) is 6.21. The van der Waals surface area contributed by atoms with E-state index in [9.17, 15) is 0 Å². The highest BCUT2D eigenvalue weighted by Crippen LogP contribution is 2.29. The van der Waals surface area contributed by atoms with Crippen LogP contribution in [0.5, 0.6) is 5.88 Å². The van der Waals surface area contributed by atoms with Crippen LogP contribution in [0.2, 0.25) is 0 Å². The molecule has 1 fully saturated rings. The zero-order valence-electron chi connectivity index (χ0n) is 16.8. The van der Waals surface area contributed by atoms with Crippen molar-refractivity contribution < 1.29 is 9.26 Å². The number of aryl methyl sites for hydroxylation is 2. The fraction of sp³-hybridized carbons (Fsp3) is 0.550. The van der Waals surface area contributed by atoms with Crippen molar-refractivity contribution in [2.45, 2.75) is 52.6 Å². The zero-order chi connectivity index (χ0) is 19.1. The Morgan fingerprint density at radius 1 is 1.25 bits per heavy atom. The van der Waals surface area contributed by atoms with Gasteiger partial charge in [0.25, 0.3) is 0 Å². The highest BCUT2D eigenvalue weighted by Gasteiger charge is 2.22. The van der Waals surface area contributed by atoms with E-state index < -0.39 is 0 Å². The summed E-state index contributed by atoms with van der Waals surface area (Å²) >= 11 is 0. The van der Waals surface area contributed by atoms with Gasteiger partial charge in [0, 0.05) is 44.4 Å². The van der Waals surface area contributed by atoms with E-state index in [2.05, 4.69) is 39.6 Å². The molecule has 0 aromatic carbocycles. The third kappa shape index (κ3) is 6.35. The maximum absolute atomic E-state index is 5.75. The summed E-state index contributed by atoms with van der Waals surface area (Å²) in [4.78, 5) is 8.58. The lowest BCUT2D eigenvalue weighted by molar-refractivity contribution is 0.288. The number of pyridine rings is 1. The second-order valence-corrected chi connectivity index (χ2v) is 6.77. The van der Waals surface area contributed by atoms with Gasteiger partial charge in [0.2, 0.25) is 5.88 Å². The van der Waals surface area contributed by atoms with Gasteiger partial charge in [-0.2, -0.15) is 0 Å². The van der Waals surface area contributed by atoms with Crippen LogP contribution in [0.25, 0.3) is 0 Å². The molecule has 2 aromatic rings. The van der Waals surface area contributed by atoms with Crippen LogP contribution in [0.15, 0.2) is 27.8 Å². The fourth-order valence-electron chi connectivity index (χ4n) is 2.84. The van der Waals surface area contributed by atoms with Crippen molar-refractivity contribution in [1.29, 1.82) is 0 Å². The van der Waals surface area contributed by atoms with Gasteiger partial charge in [-0.05, 0) is 36.8 Å². The molecule has 0 atom stereocenters. The molecule has 1 saturated carbocycles. The minimum Gasteiger partial charge on any atom is -0.477 e. The first kappa shape index (κ1) is 22.4. The van der Waals surface area contributed by atoms with E-state index in [4.69, 9.17) is 9.26 Å². The molecule has 0 bridgehead atoms. The summed E-state index contributed by atoms with van der Waals surface area (Å²) in [7, 11) is 1.77. The lowest BCUT2D eigenvalue weighted by Gasteiger charge is -2.13. The van der Waals surface area contributed by atoms with Gasteiger partial charge in [-0.3, -0.25) is 4.99 Å². The van der Waals surface area contributed by atoms with Crippen molar-refractivity contribution >= 4 is 29.9 Å². The fourth-order valence-corrected chi connectivity index (χ4v) is 2.84. The van der Waals surface area contributed by atoms with Crippen molar-refractivity contribution in [3.05, 3.63) is 40.9 Å². The first-order valence-corrected chi connectivity index (χ1v) is 9.72. The number of hydrogen-bond donors (Lipinski definition) is 2. The minimum absolute atomic E-state index is 0. The Morgan fingerprint density at radius 2 is 2.04 bits per heavy atom. The van der Waals surface area contributed by atoms with Gasteiger partial charge in [0.05, 0.1) is 12.3 Å². The number of nitrogens with zero attached hydrogens (tertiary/aromatic N) is 3. The molecule has 2 heterocycles. The van der Waals surface area contributed by atoms with Crippen LogP contribution in [0.4, 0.5) is 0 Å². The average molecular weight is 499 g/mol. The van der Waals surface area contributed by atoms with Crippen molar-refractivity contribution in [3.63, 3.8) is 0 Å². The van der Waals surface area contributed by atoms with E-state index in [1.54, 1.807) is 13.2 Å². The molecule has 2 N–H and O–H groups in total. The second-order valence-electron chi connectivity index (χ2n) is 6.77. The van der Waals surface area contributed by atoms with Crippen LogP contribution in [-0.4, -0.2) is 29.8 Å². The van der Waals surface area contributed by atoms with Crippen LogP contribution in [-0.2, 0) is 25.9 Å². The summed E-state index contributed by atoms with van der Waals surface area (Å²) < 4.78 is 11.2. The molecule has 0 amide bonds. The maximum Gasteiger partial charge on any atom is 0.213 e. The van der Waals surface area contributed by atoms with E-state index >= 15 is 0 Å². The van der Waals surface area contributed by atoms with Gasteiger partial charge < -0.3 is 19.9 Å². The molecule has 0 radical (unpaired) electrons. The Kier molecular flexibility index (Phi) is 9.01. The quantitative estimate of drug-likeness (QED) is 0.312. The van der Waals surface area contributed by atoms with E-state index in [1.165, 1.54) is 12.8 Å². The van der Waals surface area contributed by atoms with Crippen LogP contribution in [0, 0.1) is 5.92 Å². The number of ether oxygens (including phenoxy) is 1. The van der Waals surface area contributed by atoms with E-state index in [0.29, 0.717) is 19.0 Å². The smallest absolute Gasteiger partial charge is 0.213 e. The molecule has 8 heteroatoms. The molecule has 7 nitrogen and oxygen atoms in total. The topological polar surface area (TPSA) is 84.6 Å². The summed E-state index contributed by atoms with van der Waals surface area (Å²) in [5.74, 6) is 3.07. The number of hydrogen-bond acceptors (Lipinski definition) is 5. The Hall–Kier alpha value is -1.84. The molecule has 0 aliphatic heterocycles. The molecular weight excluding hydrogens is 469 g/mol. The minimum atomic E-state index is 0. The normalized spacial score (nSPS) is 13.8. The first-order chi connectivity index (χ1) is 13.2. The van der Waals surface area contributed by atoms with Gasteiger partial charge in [0.1, 0.15) is 5.76 Å². The number of guanidine groups is 1. The Bertz CT molecular complexity index is 752. The lowest BCUT2D eigenvalue weighted by atomic mass is 10.1. The molecule has 0 saturated heterocycles. The highest BCUT2D eigenvalue weighted by molar-refractivity contribution is 14.0. The Labute approximate surface area is 183 Å². The van der Waals surface area contributed by atoms with Crippen LogP contribution >= 0.6 is 24.0 Å². The number of aliphatic imine (C=N–C) groups is 1. The molecular formula is C20H30IN5O2. The number of nitrogens with one attached hydrogen (secondary N) is 2. The summed E-state index contributed by atoms with van der Waals surface area (Å²) in [6, 6.07) is 3.96. The standard InChI is InChI=1S/C20H29N5O2.HI/c1-4-17-16(18(5-2)27-25-17)12-24-20(21-3)23-11-15-8-9-22-19(10-15)26-13-14-6-7-14;/h8-10,14H,4-7,11-13H2,1-3H3,(H2,21,23,24);1H. The van der Waals surface area contributed by atoms with Crippen LogP contribution in [0.3, 0.4) is 0 Å². The highest BCUT2D eigenvalue weighted by atomic mass is 127. The molecule has 1 aliphatic rings. The average Bonchev–Trinajstić information content (AvgIpc) is 3.45. The molecule has 0 spiro atoms. The summed E-state index contributed by atoms with van der Waals surface area (Å²) in [6.07, 6.45) is 6.02. The first-order valence-electron chi connectivity index (χ1n) is 9.72. The Balaban J connectivity index is 0.00000280. The monoisotopic (exact) mass is 499 g/mol. The SMILES string of the molecule is CCc1noc(CC)c1CNC(=NC)NCc1ccnc(OCC2CC2)c1.I. The maximum atomic E-state index is 5.75. The summed E-state index contributed by atoms with van der Waals surface area (Å²) in [5.41, 5.74) is 3.23. The third-order valence-corrected chi connectivity index (χ3v) is 4.69. The zero-order valence-corrected chi connectivity index (χ0v) is 19.2. The molecule has 0 unspecified atom stereocenters. The molecule has 2 aromatic heterocycles. The molecule has 3 rings (SSSR count). The molecule has 154 valence electrons. The lowest BCUT2D eigenvalue weighted by Crippen LogP contribution is -2.36. The van der Waals surface area contributed by atoms with E-state index in [-0.39, 0.29) is 24.0 Å². The van der Waals surface area contributed by atoms with Gasteiger partial charge in [-0.25, -0.2) is 4.98 Å². The summed E-state index contributed by atoms with van der Waals surface area (Å²) in [5, 5.41) is 10.8. The van der Waals surface area contributed by atoms with Gasteiger partial charge in [-0.15, -0.1) is 24.0 Å². The number of halogens is 1. The van der Waals surface area contributed by atoms with Crippen molar-refractivity contribution in [3.8, 4) is 5.88 Å². The molecule has 28 heavy (non-hydrogen) atoms. The largest absolute Gasteiger partial charge is 0.477 e. The van der Waals surface area contributed by atoms with Gasteiger partial charge in [0.15, 0.2) is 5.96 Å². The predicted molar refractivity (Wildman–Crippen MR) is 120 cm³/mol. The van der Waals surface area contributed by atoms with Crippen molar-refractivity contribution in [1.82, 2.24) is 20.8 Å². The van der Waals surface area contributed by atoms with Crippen molar-refractivity contribution in [2.75, 3.05) is 13.7 Å². The predicted octanol–water partition coefficient (Wildman–Crippen LogP) is 3.47. The van der Waals surface area contributed by atoms with Gasteiger partial charge >= 0.3 is 0 Å². The number of aromatic nitrogens is 2. The van der Waals surface area contributed by atoms with Gasteiger partial charge in [-0.1, -0.05) is 19.0 Å². The van der Waals surface area contributed by atoms with E-state index in [0.717, 1.165) is 53.9 Å². The van der Waals surface area contributed by atoms with Crippen LogP contribution in [0.1, 0.15) is 49.3 Å². The second kappa shape index (κ2) is 11.2. The molecule has 1 aliphatic carbocycles. The van der Waals surface area contributed by atoms with E-state index in [1.807, 2.05) is 12.1 Å². The number of rotatable bonds is 9. The Morgan fingerprint density at radius 3 is 2.71 bits per heavy atom. The third-order valence-electron chi connectivity index (χ3n) is 4.69. The van der Waals surface area contributed by atoms with Crippen LogP contribution < -0.4 is 15.4 Å².